The molecule has 0 bridgehead atoms. The Morgan fingerprint density at radius 2 is 1.75 bits per heavy atom. The Balaban J connectivity index is 2.99. The van der Waals surface area contributed by atoms with Gasteiger partial charge < -0.3 is 0 Å². The van der Waals surface area contributed by atoms with E-state index in [2.05, 4.69) is 39.4 Å². The van der Waals surface area contributed by atoms with Crippen molar-refractivity contribution in [3.63, 3.8) is 0 Å². The summed E-state index contributed by atoms with van der Waals surface area (Å²) in [4.78, 5) is 0. The molecule has 0 saturated carbocycles. The predicted octanol–water partition coefficient (Wildman–Crippen LogP) is 1.07. The summed E-state index contributed by atoms with van der Waals surface area (Å²) in [5.41, 5.74) is 0. The minimum absolute atomic E-state index is 0.805. The first-order chi connectivity index (χ1) is 3.93. The van der Waals surface area contributed by atoms with Crippen molar-refractivity contribution >= 4 is 27.2 Å². The number of hydrogen-bond donors (Lipinski definition) is 0. The fourth-order valence-corrected chi connectivity index (χ4v) is 1.69. The second-order valence-corrected chi connectivity index (χ2v) is 3.53. The molecule has 0 aliphatic rings. The summed E-state index contributed by atoms with van der Waals surface area (Å²) in [6.45, 7) is 0.805. The van der Waals surface area contributed by atoms with E-state index < -0.39 is 0 Å². The van der Waals surface area contributed by atoms with Crippen LogP contribution in [0.25, 0.3) is 0 Å². The molecule has 1 unspecified atom stereocenters. The van der Waals surface area contributed by atoms with Gasteiger partial charge in [0.15, 0.2) is 0 Å². The third-order valence-electron chi connectivity index (χ3n) is 0.892. The average Bonchev–Trinajstić information content (AvgIpc) is 1.90. The second-order valence-electron chi connectivity index (χ2n) is 1.47. The second kappa shape index (κ2) is 3.14. The Morgan fingerprint density at radius 3 is 2.12 bits per heavy atom. The molecule has 0 fully saturated rings. The van der Waals surface area contributed by atoms with Crippen LogP contribution < -0.4 is 5.30 Å². The van der Waals surface area contributed by atoms with Crippen LogP contribution in [0.5, 0.6) is 0 Å². The SMILES string of the molecule is [Se]=[PH+]c1ccccc1. The molecular weight excluding hydrogens is 182 g/mol. The van der Waals surface area contributed by atoms with Crippen molar-refractivity contribution in [1.82, 2.24) is 0 Å². The van der Waals surface area contributed by atoms with Crippen LogP contribution in [0.1, 0.15) is 0 Å². The topological polar surface area (TPSA) is 0 Å². The number of hydrogen-bond acceptors (Lipinski definition) is 0. The molecule has 0 saturated heterocycles. The fourth-order valence-electron chi connectivity index (χ4n) is 0.506. The molecule has 0 aromatic heterocycles. The Kier molecular flexibility index (Phi) is 2.42. The van der Waals surface area contributed by atoms with Gasteiger partial charge in [0, 0.05) is 0 Å². The van der Waals surface area contributed by atoms with Crippen molar-refractivity contribution in [3.8, 4) is 0 Å². The summed E-state index contributed by atoms with van der Waals surface area (Å²) in [5.74, 6) is 0. The molecule has 1 aromatic carbocycles. The summed E-state index contributed by atoms with van der Waals surface area (Å²) in [6.07, 6.45) is 0. The van der Waals surface area contributed by atoms with Crippen LogP contribution in [0.2, 0.25) is 0 Å². The summed E-state index contributed by atoms with van der Waals surface area (Å²) in [7, 11) is 0. The van der Waals surface area contributed by atoms with Crippen molar-refractivity contribution in [2.45, 2.75) is 0 Å². The first kappa shape index (κ1) is 6.16. The van der Waals surface area contributed by atoms with Gasteiger partial charge in [0.2, 0.25) is 0 Å². The van der Waals surface area contributed by atoms with E-state index in [9.17, 15) is 0 Å². The van der Waals surface area contributed by atoms with Crippen molar-refractivity contribution in [1.29, 1.82) is 0 Å². The number of benzene rings is 1. The minimum atomic E-state index is 0.805. The van der Waals surface area contributed by atoms with Gasteiger partial charge in [-0.3, -0.25) is 0 Å². The van der Waals surface area contributed by atoms with Crippen molar-refractivity contribution in [2.75, 3.05) is 0 Å². The van der Waals surface area contributed by atoms with Crippen molar-refractivity contribution in [2.24, 2.45) is 0 Å². The van der Waals surface area contributed by atoms with Crippen LogP contribution in [0.3, 0.4) is 0 Å². The van der Waals surface area contributed by atoms with E-state index in [-0.39, 0.29) is 0 Å². The third kappa shape index (κ3) is 1.52. The van der Waals surface area contributed by atoms with Crippen LogP contribution in [0.4, 0.5) is 0 Å². The molecule has 0 N–H and O–H groups in total. The van der Waals surface area contributed by atoms with Crippen LogP contribution in [-0.2, 0) is 0 Å². The van der Waals surface area contributed by atoms with E-state index in [1.165, 1.54) is 5.30 Å². The van der Waals surface area contributed by atoms with Gasteiger partial charge in [-0.25, -0.2) is 0 Å². The van der Waals surface area contributed by atoms with Gasteiger partial charge in [-0.15, -0.1) is 0 Å². The molecule has 40 valence electrons. The zero-order valence-corrected chi connectivity index (χ0v) is 7.01. The van der Waals surface area contributed by atoms with Crippen LogP contribution in [-0.4, -0.2) is 15.1 Å². The van der Waals surface area contributed by atoms with Gasteiger partial charge in [-0.05, 0) is 0 Å². The maximum atomic E-state index is 2.99. The van der Waals surface area contributed by atoms with Gasteiger partial charge in [-0.2, -0.15) is 0 Å². The van der Waals surface area contributed by atoms with E-state index in [1.807, 2.05) is 6.07 Å². The van der Waals surface area contributed by atoms with Gasteiger partial charge >= 0.3 is 57.6 Å². The summed E-state index contributed by atoms with van der Waals surface area (Å²) in [5, 5.41) is 1.38. The number of rotatable bonds is 1. The molecule has 0 nitrogen and oxygen atoms in total. The monoisotopic (exact) mass is 189 g/mol. The molecule has 1 rings (SSSR count). The molecule has 0 radical (unpaired) electrons. The zero-order valence-electron chi connectivity index (χ0n) is 4.29. The van der Waals surface area contributed by atoms with Crippen LogP contribution in [0, 0.1) is 0 Å². The normalized spacial score (nSPS) is 9.50. The standard InChI is InChI=1S/C6H5PSe/c8-7-6-4-2-1-3-5-6/h1-5H/p+1. The molecule has 1 atom stereocenters. The Labute approximate surface area is 58.0 Å². The van der Waals surface area contributed by atoms with E-state index in [4.69, 9.17) is 0 Å². The van der Waals surface area contributed by atoms with Crippen molar-refractivity contribution in [3.05, 3.63) is 30.3 Å². The van der Waals surface area contributed by atoms with E-state index in [0.29, 0.717) is 0 Å². The zero-order chi connectivity index (χ0) is 5.82. The molecule has 0 heterocycles. The van der Waals surface area contributed by atoms with E-state index >= 15 is 0 Å². The van der Waals surface area contributed by atoms with E-state index in [0.717, 1.165) is 6.83 Å². The van der Waals surface area contributed by atoms with Gasteiger partial charge in [0.05, 0.1) is 0 Å². The average molecular weight is 188 g/mol. The third-order valence-corrected chi connectivity index (χ3v) is 2.94. The molecule has 1 aromatic rings. The van der Waals surface area contributed by atoms with Gasteiger partial charge in [-0.1, -0.05) is 0 Å². The van der Waals surface area contributed by atoms with Gasteiger partial charge in [0.25, 0.3) is 0 Å². The Morgan fingerprint density at radius 1 is 1.12 bits per heavy atom. The van der Waals surface area contributed by atoms with Crippen molar-refractivity contribution < 1.29 is 0 Å². The van der Waals surface area contributed by atoms with Crippen LogP contribution >= 0.6 is 6.83 Å². The first-order valence-electron chi connectivity index (χ1n) is 2.36. The fraction of sp³-hybridized carbons (Fsp3) is 0. The van der Waals surface area contributed by atoms with Crippen LogP contribution in [0.15, 0.2) is 30.3 Å². The van der Waals surface area contributed by atoms with Gasteiger partial charge in [0.1, 0.15) is 0 Å². The van der Waals surface area contributed by atoms with E-state index in [1.54, 1.807) is 0 Å². The molecule has 0 spiro atoms. The Hall–Kier alpha value is 0.0395. The quantitative estimate of drug-likeness (QED) is 0.456. The molecule has 8 heavy (non-hydrogen) atoms. The summed E-state index contributed by atoms with van der Waals surface area (Å²) >= 11 is 2.99. The molecule has 0 amide bonds. The maximum absolute atomic E-state index is 2.99. The molecule has 0 aliphatic heterocycles. The molecular formula is C6H6PSe+. The summed E-state index contributed by atoms with van der Waals surface area (Å²) in [6, 6.07) is 10.4. The molecule has 2 heteroatoms. The predicted molar refractivity (Wildman–Crippen MR) is 40.1 cm³/mol. The summed E-state index contributed by atoms with van der Waals surface area (Å²) < 4.78 is 0. The first-order valence-corrected chi connectivity index (χ1v) is 5.84. The Bertz CT molecular complexity index is 171. The molecule has 0 aliphatic carbocycles.